The molecule has 0 radical (unpaired) electrons. The van der Waals surface area contributed by atoms with Gasteiger partial charge in [0.05, 0.1) is 18.2 Å². The average Bonchev–Trinajstić information content (AvgIpc) is 2.99. The monoisotopic (exact) mass is 381 g/mol. The van der Waals surface area contributed by atoms with Crippen molar-refractivity contribution in [3.8, 4) is 0 Å². The third-order valence-electron chi connectivity index (χ3n) is 4.28. The Kier molecular flexibility index (Phi) is 4.68. The largest absolute Gasteiger partial charge is 0.416 e. The van der Waals surface area contributed by atoms with Gasteiger partial charge < -0.3 is 10.0 Å². The molecule has 0 spiro atoms. The topological polar surface area (TPSA) is 87.0 Å². The predicted molar refractivity (Wildman–Crippen MR) is 93.7 cm³/mol. The van der Waals surface area contributed by atoms with Gasteiger partial charge in [-0.2, -0.15) is 23.3 Å². The number of nitrogens with zero attached hydrogens (tertiary/aromatic N) is 4. The molecule has 0 aliphatic carbocycles. The molecule has 1 aromatic carbocycles. The Morgan fingerprint density at radius 2 is 1.89 bits per heavy atom. The van der Waals surface area contributed by atoms with Crippen LogP contribution in [0.15, 0.2) is 29.1 Å². The summed E-state index contributed by atoms with van der Waals surface area (Å²) in [4.78, 5) is 21.0. The van der Waals surface area contributed by atoms with Crippen LogP contribution in [0.3, 0.4) is 0 Å². The zero-order valence-corrected chi connectivity index (χ0v) is 14.9. The van der Waals surface area contributed by atoms with Crippen LogP contribution in [0, 0.1) is 0 Å². The van der Waals surface area contributed by atoms with Crippen molar-refractivity contribution < 1.29 is 18.3 Å². The normalized spacial score (nSPS) is 13.1. The zero-order valence-electron chi connectivity index (χ0n) is 14.9. The van der Waals surface area contributed by atoms with Gasteiger partial charge in [0.25, 0.3) is 5.56 Å². The summed E-state index contributed by atoms with van der Waals surface area (Å²) in [5.74, 6) is 0.303. The lowest BCUT2D eigenvalue weighted by Gasteiger charge is -2.16. The molecule has 7 nitrogen and oxygen atoms in total. The van der Waals surface area contributed by atoms with Gasteiger partial charge in [0.2, 0.25) is 5.95 Å². The summed E-state index contributed by atoms with van der Waals surface area (Å²) in [6, 6.07) is 4.21. The first-order chi connectivity index (χ1) is 12.6. The van der Waals surface area contributed by atoms with Crippen molar-refractivity contribution in [1.82, 2.24) is 19.7 Å². The van der Waals surface area contributed by atoms with Crippen molar-refractivity contribution in [3.63, 3.8) is 0 Å². The molecule has 0 aliphatic rings. The van der Waals surface area contributed by atoms with Crippen LogP contribution < -0.4 is 10.5 Å². The Bertz CT molecular complexity index is 1020. The Balaban J connectivity index is 2.14. The Morgan fingerprint density at radius 3 is 2.41 bits per heavy atom. The van der Waals surface area contributed by atoms with E-state index in [1.807, 2.05) is 0 Å². The minimum atomic E-state index is -4.42. The molecule has 0 aliphatic heterocycles. The summed E-state index contributed by atoms with van der Waals surface area (Å²) in [5.41, 5.74) is -0.227. The number of fused-ring (bicyclic) bond motifs is 1. The van der Waals surface area contributed by atoms with Crippen molar-refractivity contribution in [3.05, 3.63) is 51.4 Å². The summed E-state index contributed by atoms with van der Waals surface area (Å²) in [6.07, 6.45) is -4.42. The fourth-order valence-electron chi connectivity index (χ4n) is 2.79. The highest BCUT2D eigenvalue weighted by Gasteiger charge is 2.30. The summed E-state index contributed by atoms with van der Waals surface area (Å²) >= 11 is 0. The fourth-order valence-corrected chi connectivity index (χ4v) is 2.79. The van der Waals surface area contributed by atoms with E-state index in [9.17, 15) is 23.1 Å². The summed E-state index contributed by atoms with van der Waals surface area (Å²) in [5, 5.41) is 14.0. The van der Waals surface area contributed by atoms with E-state index in [0.717, 1.165) is 12.1 Å². The van der Waals surface area contributed by atoms with Gasteiger partial charge in [-0.15, -0.1) is 0 Å². The molecule has 0 saturated heterocycles. The lowest BCUT2D eigenvalue weighted by molar-refractivity contribution is -0.137. The smallest absolute Gasteiger partial charge is 0.390 e. The predicted octanol–water partition coefficient (Wildman–Crippen LogP) is 2.31. The quantitative estimate of drug-likeness (QED) is 0.724. The molecule has 27 heavy (non-hydrogen) atoms. The maximum absolute atomic E-state index is 12.8. The number of aromatic amines is 1. The number of hydrogen-bond acceptors (Lipinski definition) is 5. The first-order valence-electron chi connectivity index (χ1n) is 8.10. The van der Waals surface area contributed by atoms with E-state index < -0.39 is 29.9 Å². The van der Waals surface area contributed by atoms with Gasteiger partial charge in [-0.25, -0.2) is 4.68 Å². The molecule has 3 aromatic rings. The number of rotatable bonds is 4. The highest BCUT2D eigenvalue weighted by Crippen LogP contribution is 2.31. The van der Waals surface area contributed by atoms with Crippen molar-refractivity contribution in [1.29, 1.82) is 0 Å². The van der Waals surface area contributed by atoms with E-state index in [-0.39, 0.29) is 16.7 Å². The minimum absolute atomic E-state index is 0.155. The molecule has 10 heteroatoms. The van der Waals surface area contributed by atoms with E-state index in [1.165, 1.54) is 16.8 Å². The highest BCUT2D eigenvalue weighted by atomic mass is 19.4. The average molecular weight is 381 g/mol. The van der Waals surface area contributed by atoms with Gasteiger partial charge in [-0.05, 0) is 24.6 Å². The maximum Gasteiger partial charge on any atom is 0.416 e. The molecule has 0 saturated carbocycles. The third kappa shape index (κ3) is 3.39. The fraction of sp³-hybridized carbons (Fsp3) is 0.353. The lowest BCUT2D eigenvalue weighted by Crippen LogP contribution is -2.20. The molecule has 0 bridgehead atoms. The van der Waals surface area contributed by atoms with Gasteiger partial charge in [-0.1, -0.05) is 12.1 Å². The molecule has 2 heterocycles. The van der Waals surface area contributed by atoms with Crippen LogP contribution >= 0.6 is 0 Å². The second kappa shape index (κ2) is 6.69. The highest BCUT2D eigenvalue weighted by molar-refractivity contribution is 5.78. The summed E-state index contributed by atoms with van der Waals surface area (Å²) in [6.45, 7) is 1.27. The Labute approximate surface area is 152 Å². The number of aliphatic hydroxyl groups is 1. The molecular weight excluding hydrogens is 363 g/mol. The number of aliphatic hydroxyl groups excluding tert-OH is 1. The van der Waals surface area contributed by atoms with Gasteiger partial charge >= 0.3 is 6.18 Å². The van der Waals surface area contributed by atoms with Gasteiger partial charge in [0, 0.05) is 14.1 Å². The van der Waals surface area contributed by atoms with Crippen LogP contribution in [0.5, 0.6) is 0 Å². The first-order valence-corrected chi connectivity index (χ1v) is 8.10. The number of alkyl halides is 3. The molecule has 1 unspecified atom stereocenters. The first kappa shape index (κ1) is 18.9. The number of hydrogen-bond donors (Lipinski definition) is 2. The van der Waals surface area contributed by atoms with Crippen LogP contribution in [-0.2, 0) is 12.8 Å². The summed E-state index contributed by atoms with van der Waals surface area (Å²) in [7, 11) is 3.41. The minimum Gasteiger partial charge on any atom is -0.390 e. The number of benzene rings is 1. The molecule has 3 rings (SSSR count). The van der Waals surface area contributed by atoms with E-state index in [1.54, 1.807) is 25.9 Å². The van der Waals surface area contributed by atoms with Crippen molar-refractivity contribution in [2.24, 2.45) is 0 Å². The Hall–Kier alpha value is -2.88. The number of halogens is 3. The molecule has 1 atom stereocenters. The third-order valence-corrected chi connectivity index (χ3v) is 4.28. The standard InChI is InChI=1S/C17H18F3N5O2/c1-9(10-4-6-11(7-5-10)17(18,19)20)25-14-13(12(8-26)23-25)15(27)22-16(21-14)24(2)3/h4-7,9,26H,8H2,1-3H3,(H,21,22,27). The molecule has 144 valence electrons. The van der Waals surface area contributed by atoms with E-state index in [0.29, 0.717) is 11.5 Å². The second-order valence-corrected chi connectivity index (χ2v) is 6.33. The van der Waals surface area contributed by atoms with Crippen LogP contribution in [0.25, 0.3) is 11.0 Å². The number of nitrogens with one attached hydrogen (secondary N) is 1. The van der Waals surface area contributed by atoms with Crippen LogP contribution in [0.2, 0.25) is 0 Å². The number of aromatic nitrogens is 4. The number of anilines is 1. The molecule has 0 amide bonds. The lowest BCUT2D eigenvalue weighted by atomic mass is 10.1. The van der Waals surface area contributed by atoms with Crippen LogP contribution in [0.1, 0.15) is 29.8 Å². The van der Waals surface area contributed by atoms with E-state index >= 15 is 0 Å². The van der Waals surface area contributed by atoms with Crippen molar-refractivity contribution >= 4 is 17.0 Å². The molecule has 2 N–H and O–H groups in total. The van der Waals surface area contributed by atoms with E-state index in [2.05, 4.69) is 15.1 Å². The van der Waals surface area contributed by atoms with Gasteiger partial charge in [-0.3, -0.25) is 9.78 Å². The van der Waals surface area contributed by atoms with Crippen LogP contribution in [-0.4, -0.2) is 39.0 Å². The molecule has 0 fully saturated rings. The summed E-state index contributed by atoms with van der Waals surface area (Å²) < 4.78 is 39.7. The van der Waals surface area contributed by atoms with Crippen molar-refractivity contribution in [2.45, 2.75) is 25.7 Å². The molecule has 2 aromatic heterocycles. The van der Waals surface area contributed by atoms with Crippen LogP contribution in [0.4, 0.5) is 19.1 Å². The maximum atomic E-state index is 12.8. The zero-order chi connectivity index (χ0) is 19.9. The SMILES string of the molecule is CC(c1ccc(C(F)(F)F)cc1)n1nc(CO)c2c(=O)[nH]c(N(C)C)nc21. The Morgan fingerprint density at radius 1 is 1.26 bits per heavy atom. The van der Waals surface area contributed by atoms with Gasteiger partial charge in [0.15, 0.2) is 5.65 Å². The van der Waals surface area contributed by atoms with Crippen molar-refractivity contribution in [2.75, 3.05) is 19.0 Å². The molecular formula is C17H18F3N5O2. The van der Waals surface area contributed by atoms with E-state index in [4.69, 9.17) is 0 Å². The van der Waals surface area contributed by atoms with Gasteiger partial charge in [0.1, 0.15) is 11.1 Å². The number of H-pyrrole nitrogens is 1. The second-order valence-electron chi connectivity index (χ2n) is 6.33.